The number of carbonyl (C=O) groups excluding carboxylic acids is 1. The van der Waals surface area contributed by atoms with E-state index in [4.69, 9.17) is 18.3 Å². The maximum absolute atomic E-state index is 13.0. The van der Waals surface area contributed by atoms with Crippen molar-refractivity contribution in [3.05, 3.63) is 48.0 Å². The van der Waals surface area contributed by atoms with Gasteiger partial charge in [0.1, 0.15) is 0 Å². The number of furan rings is 1. The highest BCUT2D eigenvalue weighted by molar-refractivity contribution is 5.94. The van der Waals surface area contributed by atoms with Crippen molar-refractivity contribution in [1.82, 2.24) is 15.1 Å². The molecule has 0 bridgehead atoms. The Labute approximate surface area is 163 Å². The van der Waals surface area contributed by atoms with Crippen LogP contribution in [0.25, 0.3) is 11.7 Å². The minimum Gasteiger partial charge on any atom is -0.493 e. The second-order valence-corrected chi connectivity index (χ2v) is 6.00. The second kappa shape index (κ2) is 9.07. The van der Waals surface area contributed by atoms with Crippen LogP contribution in [-0.2, 0) is 6.54 Å². The molecule has 8 nitrogen and oxygen atoms in total. The molecule has 0 fully saturated rings. The van der Waals surface area contributed by atoms with Gasteiger partial charge in [-0.1, -0.05) is 6.92 Å². The molecular weight excluding hydrogens is 362 g/mol. The maximum atomic E-state index is 13.0. The van der Waals surface area contributed by atoms with E-state index in [2.05, 4.69) is 10.2 Å². The van der Waals surface area contributed by atoms with Gasteiger partial charge in [0.05, 0.1) is 26.5 Å². The van der Waals surface area contributed by atoms with Crippen LogP contribution in [0.4, 0.5) is 0 Å². The van der Waals surface area contributed by atoms with Gasteiger partial charge in [0.2, 0.25) is 5.89 Å². The van der Waals surface area contributed by atoms with Gasteiger partial charge in [-0.2, -0.15) is 0 Å². The summed E-state index contributed by atoms with van der Waals surface area (Å²) in [7, 11) is 1.55. The minimum atomic E-state index is -0.152. The van der Waals surface area contributed by atoms with E-state index in [9.17, 15) is 4.79 Å². The van der Waals surface area contributed by atoms with Crippen molar-refractivity contribution in [2.75, 3.05) is 20.3 Å². The number of aromatic nitrogens is 2. The van der Waals surface area contributed by atoms with Crippen LogP contribution in [0.3, 0.4) is 0 Å². The molecule has 0 atom stereocenters. The summed E-state index contributed by atoms with van der Waals surface area (Å²) in [5.41, 5.74) is 0.500. The largest absolute Gasteiger partial charge is 0.493 e. The molecule has 0 spiro atoms. The number of hydrogen-bond donors (Lipinski definition) is 0. The third-order valence-electron chi connectivity index (χ3n) is 4.02. The zero-order chi connectivity index (χ0) is 19.9. The number of rotatable bonds is 9. The lowest BCUT2D eigenvalue weighted by atomic mass is 10.1. The summed E-state index contributed by atoms with van der Waals surface area (Å²) in [5.74, 6) is 2.08. The average molecular weight is 385 g/mol. The van der Waals surface area contributed by atoms with Crippen molar-refractivity contribution in [1.29, 1.82) is 0 Å². The van der Waals surface area contributed by atoms with Crippen LogP contribution in [0.15, 0.2) is 45.4 Å². The van der Waals surface area contributed by atoms with Crippen molar-refractivity contribution in [3.63, 3.8) is 0 Å². The third kappa shape index (κ3) is 4.33. The van der Waals surface area contributed by atoms with Gasteiger partial charge in [-0.3, -0.25) is 4.79 Å². The monoisotopic (exact) mass is 385 g/mol. The second-order valence-electron chi connectivity index (χ2n) is 6.00. The highest BCUT2D eigenvalue weighted by Crippen LogP contribution is 2.29. The van der Waals surface area contributed by atoms with E-state index in [0.717, 1.165) is 6.42 Å². The molecule has 28 heavy (non-hydrogen) atoms. The van der Waals surface area contributed by atoms with Crippen LogP contribution in [0.1, 0.15) is 36.5 Å². The smallest absolute Gasteiger partial charge is 0.283 e. The number of carbonyl (C=O) groups is 1. The van der Waals surface area contributed by atoms with Crippen LogP contribution in [0.5, 0.6) is 11.5 Å². The molecule has 1 aromatic carbocycles. The average Bonchev–Trinajstić information content (AvgIpc) is 3.39. The van der Waals surface area contributed by atoms with Crippen LogP contribution in [-0.4, -0.2) is 41.3 Å². The predicted molar refractivity (Wildman–Crippen MR) is 101 cm³/mol. The highest BCUT2D eigenvalue weighted by atomic mass is 16.5. The molecule has 0 radical (unpaired) electrons. The molecule has 0 unspecified atom stereocenters. The Hall–Kier alpha value is -3.29. The molecule has 3 aromatic rings. The molecule has 2 aromatic heterocycles. The van der Waals surface area contributed by atoms with E-state index < -0.39 is 0 Å². The maximum Gasteiger partial charge on any atom is 0.283 e. The van der Waals surface area contributed by atoms with Crippen LogP contribution in [0.2, 0.25) is 0 Å². The van der Waals surface area contributed by atoms with E-state index in [1.807, 2.05) is 13.8 Å². The molecule has 3 rings (SSSR count). The van der Waals surface area contributed by atoms with Gasteiger partial charge in [0.15, 0.2) is 17.3 Å². The van der Waals surface area contributed by atoms with Crippen LogP contribution in [0, 0.1) is 0 Å². The zero-order valence-electron chi connectivity index (χ0n) is 16.2. The molecule has 1 amide bonds. The normalized spacial score (nSPS) is 10.7. The molecule has 2 heterocycles. The number of hydrogen-bond acceptors (Lipinski definition) is 7. The number of nitrogens with zero attached hydrogens (tertiary/aromatic N) is 3. The van der Waals surface area contributed by atoms with Crippen LogP contribution < -0.4 is 9.47 Å². The molecular formula is C20H23N3O5. The molecule has 0 aliphatic rings. The fourth-order valence-corrected chi connectivity index (χ4v) is 2.76. The van der Waals surface area contributed by atoms with E-state index in [0.29, 0.717) is 41.9 Å². The van der Waals surface area contributed by atoms with Crippen molar-refractivity contribution in [2.45, 2.75) is 26.8 Å². The Balaban J connectivity index is 1.79. The van der Waals surface area contributed by atoms with Gasteiger partial charge in [-0.15, -0.1) is 10.2 Å². The number of amides is 1. The first-order chi connectivity index (χ1) is 13.7. The molecule has 148 valence electrons. The van der Waals surface area contributed by atoms with Crippen molar-refractivity contribution in [2.24, 2.45) is 0 Å². The molecule has 0 saturated carbocycles. The number of benzene rings is 1. The molecule has 8 heteroatoms. The quantitative estimate of drug-likeness (QED) is 0.553. The standard InChI is InChI=1S/C20H23N3O5/c1-4-10-23(13-18-21-22-19(28-18)16-7-6-11-27-16)20(24)14-8-9-15(26-5-2)17(12-14)25-3/h6-9,11-12H,4-5,10,13H2,1-3H3. The Morgan fingerprint density at radius 2 is 2.04 bits per heavy atom. The third-order valence-corrected chi connectivity index (χ3v) is 4.02. The van der Waals surface area contributed by atoms with E-state index >= 15 is 0 Å². The van der Waals surface area contributed by atoms with Crippen molar-refractivity contribution >= 4 is 5.91 Å². The fraction of sp³-hybridized carbons (Fsp3) is 0.350. The summed E-state index contributed by atoms with van der Waals surface area (Å²) < 4.78 is 21.7. The van der Waals surface area contributed by atoms with Gasteiger partial charge in [-0.25, -0.2) is 0 Å². The molecule has 0 N–H and O–H groups in total. The van der Waals surface area contributed by atoms with E-state index in [1.54, 1.807) is 42.3 Å². The SMILES string of the molecule is CCCN(Cc1nnc(-c2ccco2)o1)C(=O)c1ccc(OCC)c(OC)c1. The molecule has 0 aliphatic heterocycles. The first kappa shape index (κ1) is 19.5. The minimum absolute atomic E-state index is 0.152. The molecule has 0 aliphatic carbocycles. The summed E-state index contributed by atoms with van der Waals surface area (Å²) in [6, 6.07) is 8.62. The van der Waals surface area contributed by atoms with E-state index in [-0.39, 0.29) is 18.3 Å². The van der Waals surface area contributed by atoms with Crippen LogP contribution >= 0.6 is 0 Å². The Morgan fingerprint density at radius 1 is 1.18 bits per heavy atom. The van der Waals surface area contributed by atoms with Crippen molar-refractivity contribution in [3.8, 4) is 23.1 Å². The summed E-state index contributed by atoms with van der Waals surface area (Å²) >= 11 is 0. The Kier molecular flexibility index (Phi) is 6.31. The molecule has 0 saturated heterocycles. The summed E-state index contributed by atoms with van der Waals surface area (Å²) in [4.78, 5) is 14.7. The summed E-state index contributed by atoms with van der Waals surface area (Å²) in [6.07, 6.45) is 2.32. The van der Waals surface area contributed by atoms with Gasteiger partial charge in [0, 0.05) is 12.1 Å². The van der Waals surface area contributed by atoms with Gasteiger partial charge >= 0.3 is 0 Å². The number of ether oxygens (including phenoxy) is 2. The summed E-state index contributed by atoms with van der Waals surface area (Å²) in [6.45, 7) is 5.16. The first-order valence-corrected chi connectivity index (χ1v) is 9.12. The first-order valence-electron chi connectivity index (χ1n) is 9.12. The van der Waals surface area contributed by atoms with Gasteiger partial charge < -0.3 is 23.2 Å². The lowest BCUT2D eigenvalue weighted by Crippen LogP contribution is -2.31. The van der Waals surface area contributed by atoms with Crippen molar-refractivity contribution < 1.29 is 23.1 Å². The lowest BCUT2D eigenvalue weighted by Gasteiger charge is -2.21. The van der Waals surface area contributed by atoms with Gasteiger partial charge in [0.25, 0.3) is 11.8 Å². The Bertz CT molecular complexity index is 904. The lowest BCUT2D eigenvalue weighted by molar-refractivity contribution is 0.0728. The fourth-order valence-electron chi connectivity index (χ4n) is 2.76. The summed E-state index contributed by atoms with van der Waals surface area (Å²) in [5, 5.41) is 8.01. The Morgan fingerprint density at radius 3 is 2.71 bits per heavy atom. The van der Waals surface area contributed by atoms with E-state index in [1.165, 1.54) is 6.26 Å². The highest BCUT2D eigenvalue weighted by Gasteiger charge is 2.21. The predicted octanol–water partition coefficient (Wildman–Crippen LogP) is 3.79. The number of methoxy groups -OCH3 is 1. The van der Waals surface area contributed by atoms with Gasteiger partial charge in [-0.05, 0) is 43.7 Å². The zero-order valence-corrected chi connectivity index (χ0v) is 16.2. The topological polar surface area (TPSA) is 90.8 Å².